The van der Waals surface area contributed by atoms with Crippen LogP contribution in [0.5, 0.6) is 0 Å². The zero-order valence-electron chi connectivity index (χ0n) is 9.97. The Bertz CT molecular complexity index is 539. The Balaban J connectivity index is 1.78. The maximum atomic E-state index is 8.83. The minimum atomic E-state index is 0.0416. The summed E-state index contributed by atoms with van der Waals surface area (Å²) in [6.45, 7) is 0.860. The van der Waals surface area contributed by atoms with E-state index in [-0.39, 0.29) is 12.6 Å². The Hall–Kier alpha value is -1.72. The average molecular weight is 245 g/mol. The zero-order chi connectivity index (χ0) is 12.4. The van der Waals surface area contributed by atoms with Crippen molar-refractivity contribution in [3.05, 3.63) is 47.1 Å². The van der Waals surface area contributed by atoms with Crippen LogP contribution in [0.2, 0.25) is 0 Å². The Morgan fingerprint density at radius 2 is 2.17 bits per heavy atom. The minimum Gasteiger partial charge on any atom is -0.396 e. The van der Waals surface area contributed by atoms with Crippen LogP contribution >= 0.6 is 0 Å². The summed E-state index contributed by atoms with van der Waals surface area (Å²) in [5.74, 6) is 1.17. The molecule has 94 valence electrons. The van der Waals surface area contributed by atoms with Crippen molar-refractivity contribution in [3.8, 4) is 0 Å². The summed E-state index contributed by atoms with van der Waals surface area (Å²) >= 11 is 0. The molecule has 0 saturated carbocycles. The van der Waals surface area contributed by atoms with Crippen LogP contribution in [0, 0.1) is 0 Å². The molecule has 0 amide bonds. The van der Waals surface area contributed by atoms with E-state index in [1.807, 2.05) is 12.1 Å². The Kier molecular flexibility index (Phi) is 3.08. The van der Waals surface area contributed by atoms with Crippen molar-refractivity contribution >= 4 is 0 Å². The van der Waals surface area contributed by atoms with E-state index in [2.05, 4.69) is 27.6 Å². The van der Waals surface area contributed by atoms with Gasteiger partial charge in [-0.25, -0.2) is 0 Å². The summed E-state index contributed by atoms with van der Waals surface area (Å²) in [7, 11) is 0. The molecule has 0 fully saturated rings. The summed E-state index contributed by atoms with van der Waals surface area (Å²) in [6, 6.07) is 8.43. The number of hydrogen-bond donors (Lipinski definition) is 2. The molecule has 5 heteroatoms. The molecule has 1 aliphatic heterocycles. The average Bonchev–Trinajstić information content (AvgIpc) is 2.87. The number of benzene rings is 1. The van der Waals surface area contributed by atoms with Gasteiger partial charge in [-0.2, -0.15) is 4.98 Å². The van der Waals surface area contributed by atoms with Crippen molar-refractivity contribution in [1.29, 1.82) is 0 Å². The second kappa shape index (κ2) is 4.88. The van der Waals surface area contributed by atoms with E-state index in [9.17, 15) is 0 Å². The number of fused-ring (bicyclic) bond motifs is 1. The summed E-state index contributed by atoms with van der Waals surface area (Å²) in [6.07, 6.45) is 1.30. The van der Waals surface area contributed by atoms with E-state index in [1.165, 1.54) is 11.1 Å². The smallest absolute Gasteiger partial charge is 0.244 e. The molecule has 3 rings (SSSR count). The van der Waals surface area contributed by atoms with E-state index in [1.54, 1.807) is 0 Å². The van der Waals surface area contributed by atoms with Crippen LogP contribution in [-0.4, -0.2) is 21.9 Å². The van der Waals surface area contributed by atoms with Crippen molar-refractivity contribution in [2.24, 2.45) is 0 Å². The third kappa shape index (κ3) is 2.14. The number of aliphatic hydroxyl groups excluding tert-OH is 1. The first-order valence-electron chi connectivity index (χ1n) is 6.10. The van der Waals surface area contributed by atoms with Gasteiger partial charge < -0.3 is 14.9 Å². The molecule has 1 atom stereocenters. The minimum absolute atomic E-state index is 0.0416. The SMILES string of the molecule is OCCc1noc([C@H]2Cc3ccccc3CN2)n1. The van der Waals surface area contributed by atoms with Gasteiger partial charge in [0.2, 0.25) is 5.89 Å². The first-order valence-corrected chi connectivity index (χ1v) is 6.10. The van der Waals surface area contributed by atoms with E-state index in [0.29, 0.717) is 18.1 Å². The first-order chi connectivity index (χ1) is 8.86. The van der Waals surface area contributed by atoms with Gasteiger partial charge in [-0.15, -0.1) is 0 Å². The highest BCUT2D eigenvalue weighted by Gasteiger charge is 2.23. The maximum absolute atomic E-state index is 8.83. The third-order valence-electron chi connectivity index (χ3n) is 3.20. The van der Waals surface area contributed by atoms with Gasteiger partial charge in [0.05, 0.1) is 12.6 Å². The molecule has 18 heavy (non-hydrogen) atoms. The molecule has 0 aliphatic carbocycles. The summed E-state index contributed by atoms with van der Waals surface area (Å²) in [4.78, 5) is 4.30. The van der Waals surface area contributed by atoms with Crippen molar-refractivity contribution < 1.29 is 9.63 Å². The van der Waals surface area contributed by atoms with Gasteiger partial charge in [0.15, 0.2) is 5.82 Å². The number of aromatic nitrogens is 2. The molecular weight excluding hydrogens is 230 g/mol. The highest BCUT2D eigenvalue weighted by atomic mass is 16.5. The highest BCUT2D eigenvalue weighted by molar-refractivity contribution is 5.30. The van der Waals surface area contributed by atoms with Crippen molar-refractivity contribution in [3.63, 3.8) is 0 Å². The number of aliphatic hydroxyl groups is 1. The van der Waals surface area contributed by atoms with Gasteiger partial charge in [0.25, 0.3) is 0 Å². The molecule has 1 aromatic heterocycles. The fraction of sp³-hybridized carbons (Fsp3) is 0.385. The predicted molar refractivity (Wildman–Crippen MR) is 64.8 cm³/mol. The second-order valence-electron chi connectivity index (χ2n) is 4.43. The Morgan fingerprint density at radius 1 is 1.33 bits per heavy atom. The first kappa shape index (κ1) is 11.4. The molecule has 2 heterocycles. The van der Waals surface area contributed by atoms with E-state index in [0.717, 1.165) is 13.0 Å². The number of nitrogens with zero attached hydrogens (tertiary/aromatic N) is 2. The van der Waals surface area contributed by atoms with Crippen LogP contribution in [0.25, 0.3) is 0 Å². The third-order valence-corrected chi connectivity index (χ3v) is 3.20. The number of rotatable bonds is 3. The molecule has 0 unspecified atom stereocenters. The normalized spacial score (nSPS) is 18.6. The van der Waals surface area contributed by atoms with E-state index >= 15 is 0 Å². The van der Waals surface area contributed by atoms with Gasteiger partial charge in [-0.3, -0.25) is 0 Å². The van der Waals surface area contributed by atoms with E-state index < -0.39 is 0 Å². The topological polar surface area (TPSA) is 71.2 Å². The maximum Gasteiger partial charge on any atom is 0.244 e. The van der Waals surface area contributed by atoms with Crippen LogP contribution < -0.4 is 5.32 Å². The zero-order valence-corrected chi connectivity index (χ0v) is 9.97. The molecule has 5 nitrogen and oxygen atoms in total. The Morgan fingerprint density at radius 3 is 3.00 bits per heavy atom. The van der Waals surface area contributed by atoms with E-state index in [4.69, 9.17) is 9.63 Å². The standard InChI is InChI=1S/C13H15N3O2/c17-6-5-12-15-13(18-16-12)11-7-9-3-1-2-4-10(9)8-14-11/h1-4,11,14,17H,5-8H2/t11-/m1/s1. The molecule has 0 bridgehead atoms. The quantitative estimate of drug-likeness (QED) is 0.843. The molecule has 1 aromatic carbocycles. The van der Waals surface area contributed by atoms with Crippen LogP contribution in [-0.2, 0) is 19.4 Å². The highest BCUT2D eigenvalue weighted by Crippen LogP contribution is 2.24. The van der Waals surface area contributed by atoms with Crippen LogP contribution in [0.15, 0.2) is 28.8 Å². The second-order valence-corrected chi connectivity index (χ2v) is 4.43. The largest absolute Gasteiger partial charge is 0.396 e. The molecule has 0 radical (unpaired) electrons. The van der Waals surface area contributed by atoms with Crippen molar-refractivity contribution in [2.45, 2.75) is 25.4 Å². The fourth-order valence-electron chi connectivity index (χ4n) is 2.24. The predicted octanol–water partition coefficient (Wildman–Crippen LogP) is 0.991. The molecule has 1 aliphatic rings. The lowest BCUT2D eigenvalue weighted by Gasteiger charge is -2.23. The monoisotopic (exact) mass is 245 g/mol. The van der Waals surface area contributed by atoms with Gasteiger partial charge in [-0.1, -0.05) is 29.4 Å². The summed E-state index contributed by atoms with van der Waals surface area (Å²) in [5, 5.41) is 16.1. The fourth-order valence-corrected chi connectivity index (χ4v) is 2.24. The van der Waals surface area contributed by atoms with Crippen molar-refractivity contribution in [2.75, 3.05) is 6.61 Å². The number of nitrogens with one attached hydrogen (secondary N) is 1. The lowest BCUT2D eigenvalue weighted by atomic mass is 9.96. The summed E-state index contributed by atoms with van der Waals surface area (Å²) < 4.78 is 5.24. The van der Waals surface area contributed by atoms with Crippen LogP contribution in [0.1, 0.15) is 28.9 Å². The van der Waals surface area contributed by atoms with Gasteiger partial charge in [0.1, 0.15) is 0 Å². The molecular formula is C13H15N3O2. The molecule has 2 N–H and O–H groups in total. The molecule has 0 spiro atoms. The molecule has 0 saturated heterocycles. The Labute approximate surface area is 105 Å². The van der Waals surface area contributed by atoms with Gasteiger partial charge in [0, 0.05) is 13.0 Å². The molecule has 2 aromatic rings. The van der Waals surface area contributed by atoms with Crippen molar-refractivity contribution in [1.82, 2.24) is 15.5 Å². The lowest BCUT2D eigenvalue weighted by Crippen LogP contribution is -2.28. The van der Waals surface area contributed by atoms with Crippen LogP contribution in [0.3, 0.4) is 0 Å². The lowest BCUT2D eigenvalue weighted by molar-refractivity contribution is 0.290. The van der Waals surface area contributed by atoms with Gasteiger partial charge in [-0.05, 0) is 17.5 Å². The van der Waals surface area contributed by atoms with Crippen LogP contribution in [0.4, 0.5) is 0 Å². The van der Waals surface area contributed by atoms with Gasteiger partial charge >= 0.3 is 0 Å². The number of hydrogen-bond acceptors (Lipinski definition) is 5. The summed E-state index contributed by atoms with van der Waals surface area (Å²) in [5.41, 5.74) is 2.65.